The number of methoxy groups -OCH3 is 1. The third-order valence-corrected chi connectivity index (χ3v) is 4.43. The lowest BCUT2D eigenvalue weighted by molar-refractivity contribution is 0.102. The fraction of sp³-hybridized carbons (Fsp3) is 0.0833. The highest BCUT2D eigenvalue weighted by atomic mass is 16.5. The predicted octanol–water partition coefficient (Wildman–Crippen LogP) is 5.64. The maximum absolute atomic E-state index is 12.4. The first-order valence-electron chi connectivity index (χ1n) is 8.89. The smallest absolute Gasteiger partial charge is 0.255 e. The van der Waals surface area contributed by atoms with E-state index < -0.39 is 0 Å². The monoisotopic (exact) mass is 385 g/mol. The number of amides is 1. The van der Waals surface area contributed by atoms with E-state index in [2.05, 4.69) is 15.3 Å². The van der Waals surface area contributed by atoms with Crippen molar-refractivity contribution in [1.29, 1.82) is 0 Å². The third-order valence-electron chi connectivity index (χ3n) is 4.43. The zero-order valence-corrected chi connectivity index (χ0v) is 15.3. The van der Waals surface area contributed by atoms with Crippen LogP contribution in [0.5, 0.6) is 5.75 Å². The van der Waals surface area contributed by atoms with Gasteiger partial charge in [0.25, 0.3) is 5.91 Å². The van der Waals surface area contributed by atoms with Crippen molar-refractivity contribution in [1.82, 2.24) is 9.97 Å². The molecule has 0 saturated heterocycles. The van der Waals surface area contributed by atoms with E-state index in [0.717, 1.165) is 34.1 Å². The van der Waals surface area contributed by atoms with Gasteiger partial charge in [0.2, 0.25) is 0 Å². The lowest BCUT2D eigenvalue weighted by atomic mass is 10.1. The standard InChI is InChI=1S/C23H19N3O2.CH4/c1-28-20-13-9-18(10-14-20)23(27)25-19-11-7-16(8-12-19)21-15-24-22(26-21)17-5-3-2-4-6-17;/h2-15H,1H3,(H,24,26)(H,25,27);1H4. The largest absolute Gasteiger partial charge is 0.497 e. The second-order valence-corrected chi connectivity index (χ2v) is 6.27. The number of rotatable bonds is 5. The maximum Gasteiger partial charge on any atom is 0.255 e. The summed E-state index contributed by atoms with van der Waals surface area (Å²) < 4.78 is 5.11. The molecular formula is C24H23N3O2. The Morgan fingerprint density at radius 3 is 2.24 bits per heavy atom. The van der Waals surface area contributed by atoms with Crippen LogP contribution in [0, 0.1) is 0 Å². The predicted molar refractivity (Wildman–Crippen MR) is 117 cm³/mol. The summed E-state index contributed by atoms with van der Waals surface area (Å²) >= 11 is 0. The van der Waals surface area contributed by atoms with Crippen molar-refractivity contribution in [2.45, 2.75) is 7.43 Å². The molecule has 146 valence electrons. The number of ether oxygens (including phenoxy) is 1. The molecule has 0 aliphatic rings. The van der Waals surface area contributed by atoms with E-state index in [-0.39, 0.29) is 13.3 Å². The molecular weight excluding hydrogens is 362 g/mol. The Morgan fingerprint density at radius 2 is 1.59 bits per heavy atom. The summed E-state index contributed by atoms with van der Waals surface area (Å²) in [7, 11) is 1.60. The first-order chi connectivity index (χ1) is 13.7. The number of hydrogen-bond donors (Lipinski definition) is 2. The SMILES string of the molecule is C.COc1ccc(C(=O)Nc2ccc(-c3cnc(-c4ccccc4)[nH]3)cc2)cc1. The minimum atomic E-state index is -0.164. The molecule has 2 N–H and O–H groups in total. The van der Waals surface area contributed by atoms with Crippen LogP contribution in [0.25, 0.3) is 22.6 Å². The molecule has 3 aromatic carbocycles. The third kappa shape index (κ3) is 4.52. The van der Waals surface area contributed by atoms with Gasteiger partial charge < -0.3 is 15.0 Å². The zero-order valence-electron chi connectivity index (χ0n) is 15.3. The number of carbonyl (C=O) groups is 1. The Hall–Kier alpha value is -3.86. The Balaban J connectivity index is 0.00000240. The van der Waals surface area contributed by atoms with Gasteiger partial charge in [-0.1, -0.05) is 49.9 Å². The van der Waals surface area contributed by atoms with Gasteiger partial charge in [-0.15, -0.1) is 0 Å². The molecule has 0 bridgehead atoms. The highest BCUT2D eigenvalue weighted by Crippen LogP contribution is 2.23. The van der Waals surface area contributed by atoms with Crippen LogP contribution in [-0.4, -0.2) is 23.0 Å². The van der Waals surface area contributed by atoms with Crippen molar-refractivity contribution >= 4 is 11.6 Å². The number of nitrogens with one attached hydrogen (secondary N) is 2. The number of nitrogens with zero attached hydrogens (tertiary/aromatic N) is 1. The molecule has 5 heteroatoms. The minimum Gasteiger partial charge on any atom is -0.497 e. The van der Waals surface area contributed by atoms with Gasteiger partial charge in [0.1, 0.15) is 11.6 Å². The molecule has 5 nitrogen and oxygen atoms in total. The van der Waals surface area contributed by atoms with E-state index in [4.69, 9.17) is 4.74 Å². The van der Waals surface area contributed by atoms with Crippen molar-refractivity contribution in [2.75, 3.05) is 12.4 Å². The molecule has 0 atom stereocenters. The molecule has 0 fully saturated rings. The van der Waals surface area contributed by atoms with Crippen molar-refractivity contribution < 1.29 is 9.53 Å². The number of imidazole rings is 1. The zero-order chi connectivity index (χ0) is 19.3. The average molecular weight is 385 g/mol. The van der Waals surface area contributed by atoms with E-state index in [1.807, 2.05) is 60.8 Å². The van der Waals surface area contributed by atoms with Crippen LogP contribution in [0.1, 0.15) is 17.8 Å². The molecule has 4 rings (SSSR count). The average Bonchev–Trinajstić information content (AvgIpc) is 3.25. The van der Waals surface area contributed by atoms with Gasteiger partial charge in [0.05, 0.1) is 19.0 Å². The fourth-order valence-electron chi connectivity index (χ4n) is 2.89. The van der Waals surface area contributed by atoms with Gasteiger partial charge in [-0.2, -0.15) is 0 Å². The summed E-state index contributed by atoms with van der Waals surface area (Å²) in [5, 5.41) is 2.90. The summed E-state index contributed by atoms with van der Waals surface area (Å²) in [6.45, 7) is 0. The van der Waals surface area contributed by atoms with Crippen LogP contribution in [0.15, 0.2) is 85.1 Å². The van der Waals surface area contributed by atoms with Crippen LogP contribution >= 0.6 is 0 Å². The number of aromatic amines is 1. The molecule has 0 unspecified atom stereocenters. The van der Waals surface area contributed by atoms with E-state index in [1.54, 1.807) is 31.4 Å². The molecule has 0 aliphatic carbocycles. The molecule has 0 aliphatic heterocycles. The summed E-state index contributed by atoms with van der Waals surface area (Å²) in [6, 6.07) is 24.6. The molecule has 0 radical (unpaired) electrons. The van der Waals surface area contributed by atoms with E-state index >= 15 is 0 Å². The van der Waals surface area contributed by atoms with Gasteiger partial charge in [0, 0.05) is 16.8 Å². The van der Waals surface area contributed by atoms with Gasteiger partial charge in [-0.05, 0) is 42.0 Å². The topological polar surface area (TPSA) is 67.0 Å². The minimum absolute atomic E-state index is 0. The van der Waals surface area contributed by atoms with Crippen LogP contribution in [0.3, 0.4) is 0 Å². The number of anilines is 1. The second kappa shape index (κ2) is 8.89. The second-order valence-electron chi connectivity index (χ2n) is 6.27. The fourth-order valence-corrected chi connectivity index (χ4v) is 2.89. The first kappa shape index (κ1) is 19.9. The molecule has 0 saturated carbocycles. The molecule has 1 amide bonds. The van der Waals surface area contributed by atoms with E-state index in [1.165, 1.54) is 0 Å². The van der Waals surface area contributed by atoms with Crippen molar-refractivity contribution in [3.8, 4) is 28.4 Å². The van der Waals surface area contributed by atoms with Crippen molar-refractivity contribution in [3.05, 3.63) is 90.6 Å². The van der Waals surface area contributed by atoms with Crippen molar-refractivity contribution in [2.24, 2.45) is 0 Å². The number of benzene rings is 3. The molecule has 1 heterocycles. The highest BCUT2D eigenvalue weighted by molar-refractivity contribution is 6.04. The number of H-pyrrole nitrogens is 1. The van der Waals surface area contributed by atoms with E-state index in [0.29, 0.717) is 5.56 Å². The Kier molecular flexibility index (Phi) is 6.09. The Bertz CT molecular complexity index is 1070. The normalized spacial score (nSPS) is 10.1. The number of carbonyl (C=O) groups excluding carboxylic acids is 1. The maximum atomic E-state index is 12.4. The van der Waals surface area contributed by atoms with Crippen LogP contribution in [0.4, 0.5) is 5.69 Å². The first-order valence-corrected chi connectivity index (χ1v) is 8.89. The van der Waals surface area contributed by atoms with Crippen LogP contribution < -0.4 is 10.1 Å². The summed E-state index contributed by atoms with van der Waals surface area (Å²) in [6.07, 6.45) is 1.81. The van der Waals surface area contributed by atoms with Gasteiger partial charge in [0.15, 0.2) is 0 Å². The van der Waals surface area contributed by atoms with Crippen LogP contribution in [0.2, 0.25) is 0 Å². The Labute approximate surface area is 170 Å². The molecule has 1 aromatic heterocycles. The Morgan fingerprint density at radius 1 is 0.897 bits per heavy atom. The highest BCUT2D eigenvalue weighted by Gasteiger charge is 2.08. The quantitative estimate of drug-likeness (QED) is 0.467. The molecule has 4 aromatic rings. The van der Waals surface area contributed by atoms with Gasteiger partial charge in [-0.3, -0.25) is 4.79 Å². The molecule has 0 spiro atoms. The van der Waals surface area contributed by atoms with Gasteiger partial charge >= 0.3 is 0 Å². The van der Waals surface area contributed by atoms with Crippen molar-refractivity contribution in [3.63, 3.8) is 0 Å². The summed E-state index contributed by atoms with van der Waals surface area (Å²) in [4.78, 5) is 20.1. The lowest BCUT2D eigenvalue weighted by Crippen LogP contribution is -2.11. The van der Waals surface area contributed by atoms with Gasteiger partial charge in [-0.25, -0.2) is 4.98 Å². The summed E-state index contributed by atoms with van der Waals surface area (Å²) in [5.74, 6) is 1.38. The lowest BCUT2D eigenvalue weighted by Gasteiger charge is -2.07. The molecule has 29 heavy (non-hydrogen) atoms. The van der Waals surface area contributed by atoms with E-state index in [9.17, 15) is 4.79 Å². The number of aromatic nitrogens is 2. The summed E-state index contributed by atoms with van der Waals surface area (Å²) in [5.41, 5.74) is 4.26. The van der Waals surface area contributed by atoms with Crippen LogP contribution in [-0.2, 0) is 0 Å². The number of hydrogen-bond acceptors (Lipinski definition) is 3.